The maximum atomic E-state index is 12.9. The first-order valence-corrected chi connectivity index (χ1v) is 9.82. The number of hydrogen-bond donors (Lipinski definition) is 2. The number of anilines is 1. The molecule has 156 valence electrons. The van der Waals surface area contributed by atoms with Gasteiger partial charge in [-0.25, -0.2) is 0 Å². The number of furan rings is 1. The quantitative estimate of drug-likeness (QED) is 0.683. The van der Waals surface area contributed by atoms with Crippen LogP contribution in [0.3, 0.4) is 0 Å². The Balaban J connectivity index is 1.74. The number of alkyl halides is 3. The summed E-state index contributed by atoms with van der Waals surface area (Å²) in [5, 5.41) is 14.5. The summed E-state index contributed by atoms with van der Waals surface area (Å²) in [4.78, 5) is 24.3. The van der Waals surface area contributed by atoms with E-state index in [0.29, 0.717) is 5.76 Å². The molecular weight excluding hydrogens is 443 g/mol. The van der Waals surface area contributed by atoms with E-state index in [2.05, 4.69) is 10.6 Å². The molecule has 0 unspecified atom stereocenters. The highest BCUT2D eigenvalue weighted by atomic mass is 35.5. The summed E-state index contributed by atoms with van der Waals surface area (Å²) < 4.78 is 43.9. The first-order valence-electron chi connectivity index (χ1n) is 8.46. The van der Waals surface area contributed by atoms with Crippen molar-refractivity contribution in [2.45, 2.75) is 18.5 Å². The molecule has 3 rings (SSSR count). The van der Waals surface area contributed by atoms with E-state index in [9.17, 15) is 28.0 Å². The summed E-state index contributed by atoms with van der Waals surface area (Å²) in [7, 11) is 0. The number of halogens is 4. The maximum absolute atomic E-state index is 12.9. The molecule has 2 aromatic rings. The molecule has 1 aliphatic rings. The van der Waals surface area contributed by atoms with Crippen molar-refractivity contribution in [3.05, 3.63) is 63.5 Å². The molecule has 1 aromatic carbocycles. The van der Waals surface area contributed by atoms with E-state index in [1.165, 1.54) is 6.26 Å². The molecule has 11 heteroatoms. The second-order valence-electron chi connectivity index (χ2n) is 6.20. The normalized spacial score (nSPS) is 16.8. The molecule has 0 saturated carbocycles. The molecule has 0 radical (unpaired) electrons. The van der Waals surface area contributed by atoms with Gasteiger partial charge in [0.2, 0.25) is 11.8 Å². The number of nitriles is 1. The molecule has 0 bridgehead atoms. The fourth-order valence-corrected chi connectivity index (χ4v) is 3.83. The van der Waals surface area contributed by atoms with Gasteiger partial charge in [0.15, 0.2) is 0 Å². The number of allylic oxidation sites excluding steroid dienone is 1. The first-order chi connectivity index (χ1) is 14.2. The third kappa shape index (κ3) is 4.98. The summed E-state index contributed by atoms with van der Waals surface area (Å²) in [5.41, 5.74) is -0.905. The first kappa shape index (κ1) is 21.8. The fraction of sp³-hybridized carbons (Fsp3) is 0.211. The molecule has 1 aromatic heterocycles. The van der Waals surface area contributed by atoms with Gasteiger partial charge in [0, 0.05) is 6.42 Å². The Morgan fingerprint density at radius 3 is 2.80 bits per heavy atom. The van der Waals surface area contributed by atoms with Crippen LogP contribution in [-0.4, -0.2) is 17.6 Å². The third-order valence-corrected chi connectivity index (χ3v) is 5.50. The van der Waals surface area contributed by atoms with E-state index in [-0.39, 0.29) is 39.4 Å². The lowest BCUT2D eigenvalue weighted by atomic mass is 9.92. The monoisotopic (exact) mass is 455 g/mol. The predicted octanol–water partition coefficient (Wildman–Crippen LogP) is 4.66. The fourth-order valence-electron chi connectivity index (χ4n) is 2.79. The predicted molar refractivity (Wildman–Crippen MR) is 104 cm³/mol. The van der Waals surface area contributed by atoms with Crippen molar-refractivity contribution in [2.24, 2.45) is 0 Å². The summed E-state index contributed by atoms with van der Waals surface area (Å²) in [6.45, 7) is 0. The minimum Gasteiger partial charge on any atom is -0.469 e. The van der Waals surface area contributed by atoms with Crippen molar-refractivity contribution >= 4 is 40.9 Å². The largest absolute Gasteiger partial charge is 0.469 e. The summed E-state index contributed by atoms with van der Waals surface area (Å²) in [5.74, 6) is -1.40. The van der Waals surface area contributed by atoms with Crippen molar-refractivity contribution < 1.29 is 27.2 Å². The second-order valence-corrected chi connectivity index (χ2v) is 7.60. The van der Waals surface area contributed by atoms with Gasteiger partial charge in [-0.3, -0.25) is 9.59 Å². The smallest absolute Gasteiger partial charge is 0.416 e. The summed E-state index contributed by atoms with van der Waals surface area (Å²) >= 11 is 6.76. The number of nitrogens with zero attached hydrogens (tertiary/aromatic N) is 1. The van der Waals surface area contributed by atoms with Crippen LogP contribution in [0.1, 0.15) is 23.7 Å². The number of carbonyl (C=O) groups is 2. The van der Waals surface area contributed by atoms with Crippen LogP contribution in [-0.2, 0) is 15.8 Å². The average molecular weight is 456 g/mol. The van der Waals surface area contributed by atoms with Gasteiger partial charge in [0.25, 0.3) is 0 Å². The Labute approximate surface area is 178 Å². The van der Waals surface area contributed by atoms with Crippen molar-refractivity contribution in [1.29, 1.82) is 5.26 Å². The van der Waals surface area contributed by atoms with E-state index in [4.69, 9.17) is 16.0 Å². The van der Waals surface area contributed by atoms with Gasteiger partial charge in [-0.1, -0.05) is 23.4 Å². The standard InChI is InChI=1S/C19H13ClF3N3O3S/c20-13-4-3-10(19(21,22)23)6-14(13)25-17(28)9-30-18-12(8-24)11(7-16(27)26-18)15-2-1-5-29-15/h1-6,11H,7,9H2,(H,25,28)(H,26,27)/t11-/m1/s1. The van der Waals surface area contributed by atoms with E-state index >= 15 is 0 Å². The number of thioether (sulfide) groups is 1. The van der Waals surface area contributed by atoms with Gasteiger partial charge >= 0.3 is 6.18 Å². The van der Waals surface area contributed by atoms with Crippen molar-refractivity contribution in [3.8, 4) is 6.07 Å². The third-order valence-electron chi connectivity index (χ3n) is 4.16. The van der Waals surface area contributed by atoms with Crippen molar-refractivity contribution in [2.75, 3.05) is 11.1 Å². The maximum Gasteiger partial charge on any atom is 0.416 e. The van der Waals surface area contributed by atoms with Crippen LogP contribution in [0.2, 0.25) is 5.02 Å². The lowest BCUT2D eigenvalue weighted by molar-refractivity contribution is -0.137. The molecule has 30 heavy (non-hydrogen) atoms. The lowest BCUT2D eigenvalue weighted by Gasteiger charge is -2.23. The van der Waals surface area contributed by atoms with Crippen LogP contribution in [0, 0.1) is 11.3 Å². The zero-order valence-electron chi connectivity index (χ0n) is 15.0. The Morgan fingerprint density at radius 1 is 1.40 bits per heavy atom. The molecule has 6 nitrogen and oxygen atoms in total. The molecule has 0 spiro atoms. The van der Waals surface area contributed by atoms with Crippen LogP contribution >= 0.6 is 23.4 Å². The topological polar surface area (TPSA) is 95.1 Å². The Bertz CT molecular complexity index is 1050. The highest BCUT2D eigenvalue weighted by molar-refractivity contribution is 8.03. The summed E-state index contributed by atoms with van der Waals surface area (Å²) in [6, 6.07) is 7.89. The molecule has 2 N–H and O–H groups in total. The molecule has 1 atom stereocenters. The number of rotatable bonds is 5. The van der Waals surface area contributed by atoms with Crippen LogP contribution in [0.25, 0.3) is 0 Å². The Hall–Kier alpha value is -2.90. The molecule has 2 amide bonds. The van der Waals surface area contributed by atoms with Crippen molar-refractivity contribution in [1.82, 2.24) is 5.32 Å². The van der Waals surface area contributed by atoms with Gasteiger partial charge in [-0.15, -0.1) is 0 Å². The lowest BCUT2D eigenvalue weighted by Crippen LogP contribution is -2.31. The highest BCUT2D eigenvalue weighted by Crippen LogP contribution is 2.37. The van der Waals surface area contributed by atoms with Gasteiger partial charge in [-0.05, 0) is 30.3 Å². The van der Waals surface area contributed by atoms with E-state index < -0.39 is 23.6 Å². The second kappa shape index (κ2) is 8.85. The SMILES string of the molecule is N#CC1=C(SCC(=O)Nc2cc(C(F)(F)F)ccc2Cl)NC(=O)C[C@H]1c1ccco1. The van der Waals surface area contributed by atoms with Crippen LogP contribution in [0.5, 0.6) is 0 Å². The van der Waals surface area contributed by atoms with E-state index in [1.807, 2.05) is 6.07 Å². The van der Waals surface area contributed by atoms with Crippen molar-refractivity contribution in [3.63, 3.8) is 0 Å². The Kier molecular flexibility index (Phi) is 6.43. The molecule has 0 fully saturated rings. The van der Waals surface area contributed by atoms with E-state index in [0.717, 1.165) is 30.0 Å². The number of hydrogen-bond acceptors (Lipinski definition) is 5. The van der Waals surface area contributed by atoms with Crippen LogP contribution < -0.4 is 10.6 Å². The number of benzene rings is 1. The Morgan fingerprint density at radius 2 is 2.17 bits per heavy atom. The molecule has 1 aliphatic heterocycles. The highest BCUT2D eigenvalue weighted by Gasteiger charge is 2.32. The van der Waals surface area contributed by atoms with Gasteiger partial charge in [-0.2, -0.15) is 18.4 Å². The molecule has 2 heterocycles. The van der Waals surface area contributed by atoms with Crippen LogP contribution in [0.15, 0.2) is 51.6 Å². The van der Waals surface area contributed by atoms with Crippen LogP contribution in [0.4, 0.5) is 18.9 Å². The van der Waals surface area contributed by atoms with E-state index in [1.54, 1.807) is 12.1 Å². The minimum atomic E-state index is -4.58. The number of amides is 2. The molecule has 0 aliphatic carbocycles. The van der Waals surface area contributed by atoms with Gasteiger partial charge in [0.05, 0.1) is 50.9 Å². The van der Waals surface area contributed by atoms with Gasteiger partial charge in [0.1, 0.15) is 5.76 Å². The zero-order chi connectivity index (χ0) is 21.9. The number of carbonyl (C=O) groups excluding carboxylic acids is 2. The van der Waals surface area contributed by atoms with Gasteiger partial charge < -0.3 is 15.1 Å². The number of nitrogens with one attached hydrogen (secondary N) is 2. The minimum absolute atomic E-state index is 0.0203. The molecule has 0 saturated heterocycles. The molecular formula is C19H13ClF3N3O3S. The summed E-state index contributed by atoms with van der Waals surface area (Å²) in [6.07, 6.45) is -3.14. The average Bonchev–Trinajstić information content (AvgIpc) is 3.21. The zero-order valence-corrected chi connectivity index (χ0v) is 16.6.